The summed E-state index contributed by atoms with van der Waals surface area (Å²) in [6.07, 6.45) is 7.09. The molecule has 62 valence electrons. The molecule has 0 radical (unpaired) electrons. The van der Waals surface area contributed by atoms with E-state index in [9.17, 15) is 0 Å². The van der Waals surface area contributed by atoms with Crippen LogP contribution in [0.2, 0.25) is 0 Å². The number of hydrogen-bond acceptors (Lipinski definition) is 0. The molecule has 0 spiro atoms. The van der Waals surface area contributed by atoms with Gasteiger partial charge in [0.2, 0.25) is 0 Å². The van der Waals surface area contributed by atoms with Gasteiger partial charge in [0.1, 0.15) is 0 Å². The smallest absolute Gasteiger partial charge is 0.0340 e. The van der Waals surface area contributed by atoms with Gasteiger partial charge in [-0.25, -0.2) is 0 Å². The molecular weight excluding hydrogens is 144 g/mol. The van der Waals surface area contributed by atoms with Crippen LogP contribution < -0.4 is 0 Å². The Balaban J connectivity index is 2.97. The van der Waals surface area contributed by atoms with Crippen LogP contribution in [0.5, 0.6) is 0 Å². The molecule has 0 aliphatic carbocycles. The van der Waals surface area contributed by atoms with Crippen molar-refractivity contribution >= 4 is 0 Å². The van der Waals surface area contributed by atoms with Crippen LogP contribution in [0.25, 0.3) is 0 Å². The third-order valence-electron chi connectivity index (χ3n) is 2.11. The van der Waals surface area contributed by atoms with E-state index >= 15 is 0 Å². The summed E-state index contributed by atoms with van der Waals surface area (Å²) in [4.78, 5) is 0. The number of terminal acetylenes is 1. The molecule has 0 N–H and O–H groups in total. The summed E-state index contributed by atoms with van der Waals surface area (Å²) in [5.74, 6) is 2.66. The Morgan fingerprint density at radius 2 is 2.17 bits per heavy atom. The first-order valence-electron chi connectivity index (χ1n) is 4.29. The van der Waals surface area contributed by atoms with E-state index in [1.54, 1.807) is 0 Å². The molecule has 0 fully saturated rings. The lowest BCUT2D eigenvalue weighted by Crippen LogP contribution is -1.89. The second-order valence-electron chi connectivity index (χ2n) is 3.00. The van der Waals surface area contributed by atoms with Gasteiger partial charge in [0.25, 0.3) is 0 Å². The first-order valence-corrected chi connectivity index (χ1v) is 4.29. The molecule has 0 aliphatic heterocycles. The fraction of sp³-hybridized carbons (Fsp3) is 0.333. The van der Waals surface area contributed by atoms with Gasteiger partial charge in [-0.15, -0.1) is 12.3 Å². The van der Waals surface area contributed by atoms with Crippen LogP contribution in [0.3, 0.4) is 0 Å². The molecule has 0 aromatic heterocycles. The normalized spacial score (nSPS) is 9.42. The summed E-state index contributed by atoms with van der Waals surface area (Å²) in [7, 11) is 0. The Morgan fingerprint density at radius 1 is 1.42 bits per heavy atom. The highest BCUT2D eigenvalue weighted by Gasteiger charge is 1.96. The Bertz CT molecular complexity index is 302. The van der Waals surface area contributed by atoms with Crippen molar-refractivity contribution in [2.45, 2.75) is 26.7 Å². The van der Waals surface area contributed by atoms with Crippen LogP contribution in [0.4, 0.5) is 0 Å². The lowest BCUT2D eigenvalue weighted by Gasteiger charge is -2.03. The minimum Gasteiger partial charge on any atom is -0.120 e. The maximum Gasteiger partial charge on any atom is 0.0340 e. The van der Waals surface area contributed by atoms with E-state index < -0.39 is 0 Å². The minimum absolute atomic E-state index is 0.746. The summed E-state index contributed by atoms with van der Waals surface area (Å²) in [6.45, 7) is 4.28. The van der Waals surface area contributed by atoms with E-state index in [0.29, 0.717) is 0 Å². The van der Waals surface area contributed by atoms with Gasteiger partial charge >= 0.3 is 0 Å². The van der Waals surface area contributed by atoms with E-state index in [0.717, 1.165) is 12.8 Å². The second kappa shape index (κ2) is 3.97. The molecule has 0 saturated heterocycles. The zero-order chi connectivity index (χ0) is 8.97. The van der Waals surface area contributed by atoms with Crippen molar-refractivity contribution in [1.82, 2.24) is 0 Å². The van der Waals surface area contributed by atoms with Crippen molar-refractivity contribution in [3.05, 3.63) is 34.9 Å². The summed E-state index contributed by atoms with van der Waals surface area (Å²) in [5, 5.41) is 0. The van der Waals surface area contributed by atoms with Crippen LogP contribution in [0, 0.1) is 19.3 Å². The van der Waals surface area contributed by atoms with Crippen LogP contribution in [-0.2, 0) is 12.8 Å². The molecule has 1 aromatic rings. The number of aryl methyl sites for hydroxylation is 2. The topological polar surface area (TPSA) is 0 Å². The maximum atomic E-state index is 5.25. The van der Waals surface area contributed by atoms with Crippen molar-refractivity contribution in [1.29, 1.82) is 0 Å². The predicted octanol–water partition coefficient (Wildman–Crippen LogP) is 2.73. The first-order chi connectivity index (χ1) is 5.77. The summed E-state index contributed by atoms with van der Waals surface area (Å²) in [6, 6.07) is 6.50. The molecule has 0 atom stereocenters. The second-order valence-corrected chi connectivity index (χ2v) is 3.00. The highest BCUT2D eigenvalue weighted by atomic mass is 14.0. The van der Waals surface area contributed by atoms with E-state index in [4.69, 9.17) is 6.42 Å². The van der Waals surface area contributed by atoms with E-state index in [1.165, 1.54) is 16.7 Å². The Kier molecular flexibility index (Phi) is 2.94. The third kappa shape index (κ3) is 1.89. The van der Waals surface area contributed by atoms with Gasteiger partial charge in [-0.05, 0) is 30.0 Å². The van der Waals surface area contributed by atoms with Gasteiger partial charge in [0.05, 0.1) is 0 Å². The van der Waals surface area contributed by atoms with Gasteiger partial charge in [-0.3, -0.25) is 0 Å². The summed E-state index contributed by atoms with van der Waals surface area (Å²) in [5.41, 5.74) is 3.97. The van der Waals surface area contributed by atoms with E-state index in [2.05, 4.69) is 38.0 Å². The Morgan fingerprint density at radius 3 is 2.67 bits per heavy atom. The van der Waals surface area contributed by atoms with Crippen molar-refractivity contribution in [2.24, 2.45) is 0 Å². The van der Waals surface area contributed by atoms with Crippen LogP contribution in [0.1, 0.15) is 23.6 Å². The Labute approximate surface area is 74.6 Å². The summed E-state index contributed by atoms with van der Waals surface area (Å²) < 4.78 is 0. The molecule has 0 amide bonds. The average Bonchev–Trinajstić information content (AvgIpc) is 2.09. The van der Waals surface area contributed by atoms with Gasteiger partial charge in [0.15, 0.2) is 0 Å². The average molecular weight is 158 g/mol. The van der Waals surface area contributed by atoms with Crippen molar-refractivity contribution in [3.63, 3.8) is 0 Å². The van der Waals surface area contributed by atoms with Gasteiger partial charge in [-0.2, -0.15) is 0 Å². The van der Waals surface area contributed by atoms with Crippen LogP contribution in [0.15, 0.2) is 18.2 Å². The van der Waals surface area contributed by atoms with Crippen LogP contribution in [-0.4, -0.2) is 0 Å². The number of rotatable bonds is 2. The van der Waals surface area contributed by atoms with Crippen molar-refractivity contribution in [3.8, 4) is 12.3 Å². The van der Waals surface area contributed by atoms with E-state index in [-0.39, 0.29) is 0 Å². The number of benzene rings is 1. The molecule has 0 saturated carbocycles. The molecule has 0 nitrogen and oxygen atoms in total. The lowest BCUT2D eigenvalue weighted by molar-refractivity contribution is 1.11. The highest BCUT2D eigenvalue weighted by Crippen LogP contribution is 2.11. The van der Waals surface area contributed by atoms with E-state index in [1.807, 2.05) is 0 Å². The quantitative estimate of drug-likeness (QED) is 0.580. The Hall–Kier alpha value is -1.22. The van der Waals surface area contributed by atoms with Gasteiger partial charge < -0.3 is 0 Å². The standard InChI is InChI=1S/C12H14/c1-4-6-12-8-7-11(5-2)9-10(12)3/h1,7-9H,5-6H2,2-3H3. The molecule has 12 heavy (non-hydrogen) atoms. The zero-order valence-corrected chi connectivity index (χ0v) is 7.72. The lowest BCUT2D eigenvalue weighted by atomic mass is 10.0. The maximum absolute atomic E-state index is 5.25. The molecule has 0 heterocycles. The van der Waals surface area contributed by atoms with Crippen molar-refractivity contribution in [2.75, 3.05) is 0 Å². The van der Waals surface area contributed by atoms with Gasteiger partial charge in [-0.1, -0.05) is 25.1 Å². The first kappa shape index (κ1) is 8.87. The van der Waals surface area contributed by atoms with Crippen molar-refractivity contribution < 1.29 is 0 Å². The molecule has 1 rings (SSSR count). The highest BCUT2D eigenvalue weighted by molar-refractivity contribution is 5.33. The monoisotopic (exact) mass is 158 g/mol. The summed E-state index contributed by atoms with van der Waals surface area (Å²) >= 11 is 0. The predicted molar refractivity (Wildman–Crippen MR) is 53.1 cm³/mol. The largest absolute Gasteiger partial charge is 0.120 e. The molecule has 1 aromatic carbocycles. The van der Waals surface area contributed by atoms with Gasteiger partial charge in [0, 0.05) is 6.42 Å². The zero-order valence-electron chi connectivity index (χ0n) is 7.72. The molecule has 0 aliphatic rings. The minimum atomic E-state index is 0.746. The molecule has 0 heteroatoms. The fourth-order valence-electron chi connectivity index (χ4n) is 1.29. The molecule has 0 unspecified atom stereocenters. The molecule has 0 bridgehead atoms. The number of hydrogen-bond donors (Lipinski definition) is 0. The van der Waals surface area contributed by atoms with Crippen LogP contribution >= 0.6 is 0 Å². The SMILES string of the molecule is C#CCc1ccc(CC)cc1C. The third-order valence-corrected chi connectivity index (χ3v) is 2.11. The molecular formula is C12H14. The fourth-order valence-corrected chi connectivity index (χ4v) is 1.29.